The minimum Gasteiger partial charge on any atom is -0.354 e. The monoisotopic (exact) mass is 349 g/mol. The van der Waals surface area contributed by atoms with Gasteiger partial charge in [0, 0.05) is 44.2 Å². The molecule has 1 fully saturated rings. The molecule has 25 heavy (non-hydrogen) atoms. The molecule has 0 spiro atoms. The van der Waals surface area contributed by atoms with E-state index >= 15 is 0 Å². The van der Waals surface area contributed by atoms with Crippen LogP contribution in [0.25, 0.3) is 0 Å². The maximum Gasteiger partial charge on any atom is 0.223 e. The van der Waals surface area contributed by atoms with Crippen LogP contribution in [-0.2, 0) is 11.2 Å². The highest BCUT2D eigenvalue weighted by Crippen LogP contribution is 2.17. The lowest BCUT2D eigenvalue weighted by Gasteiger charge is -2.44. The summed E-state index contributed by atoms with van der Waals surface area (Å²) in [5, 5.41) is 3.11. The SMILES string of the molecule is CCN1CCN(C(C)(C)CNC(=O)C(C)Cc2ccc(F)cc2)CC1. The number of nitrogens with zero attached hydrogens (tertiary/aromatic N) is 2. The van der Waals surface area contributed by atoms with Gasteiger partial charge in [-0.05, 0) is 44.5 Å². The molecule has 0 bridgehead atoms. The minimum atomic E-state index is -0.245. The predicted molar refractivity (Wildman–Crippen MR) is 100 cm³/mol. The van der Waals surface area contributed by atoms with E-state index in [0.717, 1.165) is 38.3 Å². The van der Waals surface area contributed by atoms with E-state index in [-0.39, 0.29) is 23.2 Å². The van der Waals surface area contributed by atoms with E-state index in [4.69, 9.17) is 0 Å². The van der Waals surface area contributed by atoms with Gasteiger partial charge in [-0.2, -0.15) is 0 Å². The molecule has 4 nitrogen and oxygen atoms in total. The van der Waals surface area contributed by atoms with Crippen molar-refractivity contribution in [3.05, 3.63) is 35.6 Å². The second-order valence-electron chi connectivity index (χ2n) is 7.68. The first-order valence-corrected chi connectivity index (χ1v) is 9.31. The number of carbonyl (C=O) groups excluding carboxylic acids is 1. The fraction of sp³-hybridized carbons (Fsp3) is 0.650. The van der Waals surface area contributed by atoms with Crippen molar-refractivity contribution in [1.82, 2.24) is 15.1 Å². The van der Waals surface area contributed by atoms with E-state index in [0.29, 0.717) is 13.0 Å². The summed E-state index contributed by atoms with van der Waals surface area (Å²) in [6.07, 6.45) is 0.627. The molecule has 1 heterocycles. The van der Waals surface area contributed by atoms with Crippen molar-refractivity contribution in [3.8, 4) is 0 Å². The summed E-state index contributed by atoms with van der Waals surface area (Å²) >= 11 is 0. The van der Waals surface area contributed by atoms with E-state index in [1.165, 1.54) is 12.1 Å². The first-order valence-electron chi connectivity index (χ1n) is 9.31. The Morgan fingerprint density at radius 2 is 1.80 bits per heavy atom. The van der Waals surface area contributed by atoms with Crippen molar-refractivity contribution in [2.45, 2.75) is 39.7 Å². The number of likely N-dealkylation sites (N-methyl/N-ethyl adjacent to an activating group) is 1. The maximum atomic E-state index is 13.0. The van der Waals surface area contributed by atoms with Gasteiger partial charge in [0.2, 0.25) is 5.91 Å². The average Bonchev–Trinajstić information content (AvgIpc) is 2.61. The minimum absolute atomic E-state index is 0.0505. The van der Waals surface area contributed by atoms with Gasteiger partial charge in [-0.25, -0.2) is 4.39 Å². The second kappa shape index (κ2) is 8.77. The zero-order chi connectivity index (χ0) is 18.4. The Balaban J connectivity index is 1.80. The number of benzene rings is 1. The molecule has 1 atom stereocenters. The standard InChI is InChI=1S/C20H32FN3O/c1-5-23-10-12-24(13-11-23)20(3,4)15-22-19(25)16(2)14-17-6-8-18(21)9-7-17/h6-9,16H,5,10-15H2,1-4H3,(H,22,25). The number of rotatable bonds is 7. The summed E-state index contributed by atoms with van der Waals surface area (Å²) in [4.78, 5) is 17.3. The van der Waals surface area contributed by atoms with E-state index in [1.807, 2.05) is 6.92 Å². The Labute approximate surface area is 151 Å². The molecule has 1 aromatic carbocycles. The zero-order valence-corrected chi connectivity index (χ0v) is 16.0. The van der Waals surface area contributed by atoms with Crippen LogP contribution in [0.3, 0.4) is 0 Å². The Morgan fingerprint density at radius 3 is 2.36 bits per heavy atom. The first-order chi connectivity index (χ1) is 11.8. The first kappa shape index (κ1) is 19.9. The Bertz CT molecular complexity index is 551. The molecule has 1 aliphatic rings. The van der Waals surface area contributed by atoms with E-state index < -0.39 is 0 Å². The smallest absolute Gasteiger partial charge is 0.223 e. The van der Waals surface area contributed by atoms with Crippen LogP contribution in [0.2, 0.25) is 0 Å². The van der Waals surface area contributed by atoms with E-state index in [2.05, 4.69) is 35.9 Å². The van der Waals surface area contributed by atoms with Gasteiger partial charge in [0.1, 0.15) is 5.82 Å². The highest BCUT2D eigenvalue weighted by Gasteiger charge is 2.30. The van der Waals surface area contributed by atoms with Gasteiger partial charge in [-0.1, -0.05) is 26.0 Å². The van der Waals surface area contributed by atoms with Gasteiger partial charge in [0.15, 0.2) is 0 Å². The Kier molecular flexibility index (Phi) is 6.96. The van der Waals surface area contributed by atoms with Crippen LogP contribution >= 0.6 is 0 Å². The number of hydrogen-bond acceptors (Lipinski definition) is 3. The molecule has 1 amide bonds. The molecule has 0 aliphatic carbocycles. The second-order valence-corrected chi connectivity index (χ2v) is 7.68. The normalized spacial score (nSPS) is 18.1. The van der Waals surface area contributed by atoms with Crippen LogP contribution in [0.4, 0.5) is 4.39 Å². The molecule has 2 rings (SSSR count). The molecule has 1 aromatic rings. The number of hydrogen-bond donors (Lipinski definition) is 1. The third-order valence-corrected chi connectivity index (χ3v) is 5.27. The van der Waals surface area contributed by atoms with E-state index in [1.54, 1.807) is 12.1 Å². The van der Waals surface area contributed by atoms with Crippen LogP contribution in [0.1, 0.15) is 33.3 Å². The third-order valence-electron chi connectivity index (χ3n) is 5.27. The largest absolute Gasteiger partial charge is 0.354 e. The summed E-state index contributed by atoms with van der Waals surface area (Å²) in [5.41, 5.74) is 0.935. The highest BCUT2D eigenvalue weighted by molar-refractivity contribution is 5.78. The van der Waals surface area contributed by atoms with E-state index in [9.17, 15) is 9.18 Å². The average molecular weight is 349 g/mol. The summed E-state index contributed by atoms with van der Waals surface area (Å²) < 4.78 is 13.0. The van der Waals surface area contributed by atoms with Crippen molar-refractivity contribution in [2.75, 3.05) is 39.3 Å². The van der Waals surface area contributed by atoms with Gasteiger partial charge in [0.05, 0.1) is 0 Å². The lowest BCUT2D eigenvalue weighted by molar-refractivity contribution is -0.125. The lowest BCUT2D eigenvalue weighted by Crippen LogP contribution is -2.58. The number of halogens is 1. The molecule has 0 radical (unpaired) electrons. The molecule has 5 heteroatoms. The maximum absolute atomic E-state index is 13.0. The molecular formula is C20H32FN3O. The summed E-state index contributed by atoms with van der Waals surface area (Å²) in [6, 6.07) is 6.38. The van der Waals surface area contributed by atoms with Crippen molar-refractivity contribution < 1.29 is 9.18 Å². The van der Waals surface area contributed by atoms with Crippen LogP contribution < -0.4 is 5.32 Å². The van der Waals surface area contributed by atoms with Crippen LogP contribution in [0, 0.1) is 11.7 Å². The topological polar surface area (TPSA) is 35.6 Å². The molecule has 0 saturated carbocycles. The third kappa shape index (κ3) is 5.79. The zero-order valence-electron chi connectivity index (χ0n) is 16.0. The summed E-state index contributed by atoms with van der Waals surface area (Å²) in [6.45, 7) is 14.5. The van der Waals surface area contributed by atoms with Gasteiger partial charge < -0.3 is 10.2 Å². The summed E-state index contributed by atoms with van der Waals surface area (Å²) in [7, 11) is 0. The molecule has 1 N–H and O–H groups in total. The number of piperazine rings is 1. The molecule has 1 saturated heterocycles. The van der Waals surface area contributed by atoms with Crippen molar-refractivity contribution in [1.29, 1.82) is 0 Å². The fourth-order valence-corrected chi connectivity index (χ4v) is 3.33. The molecule has 1 unspecified atom stereocenters. The van der Waals surface area contributed by atoms with Gasteiger partial charge in [0.25, 0.3) is 0 Å². The van der Waals surface area contributed by atoms with Crippen molar-refractivity contribution >= 4 is 5.91 Å². The molecule has 140 valence electrons. The van der Waals surface area contributed by atoms with Gasteiger partial charge >= 0.3 is 0 Å². The Morgan fingerprint density at radius 1 is 1.20 bits per heavy atom. The number of carbonyl (C=O) groups is 1. The van der Waals surface area contributed by atoms with Crippen LogP contribution in [-0.4, -0.2) is 60.5 Å². The highest BCUT2D eigenvalue weighted by atomic mass is 19.1. The molecular weight excluding hydrogens is 317 g/mol. The van der Waals surface area contributed by atoms with Gasteiger partial charge in [-0.3, -0.25) is 9.69 Å². The van der Waals surface area contributed by atoms with Gasteiger partial charge in [-0.15, -0.1) is 0 Å². The van der Waals surface area contributed by atoms with Crippen LogP contribution in [0.15, 0.2) is 24.3 Å². The number of amides is 1. The quantitative estimate of drug-likeness (QED) is 0.822. The van der Waals surface area contributed by atoms with Crippen molar-refractivity contribution in [3.63, 3.8) is 0 Å². The summed E-state index contributed by atoms with van der Waals surface area (Å²) in [5.74, 6) is -0.312. The molecule has 0 aromatic heterocycles. The van der Waals surface area contributed by atoms with Crippen LogP contribution in [0.5, 0.6) is 0 Å². The fourth-order valence-electron chi connectivity index (χ4n) is 3.33. The number of nitrogens with one attached hydrogen (secondary N) is 1. The van der Waals surface area contributed by atoms with Crippen molar-refractivity contribution in [2.24, 2.45) is 5.92 Å². The lowest BCUT2D eigenvalue weighted by atomic mass is 9.98. The molecule has 1 aliphatic heterocycles. The Hall–Kier alpha value is -1.46. The predicted octanol–water partition coefficient (Wildman–Crippen LogP) is 2.54.